The van der Waals surface area contributed by atoms with Crippen LogP contribution in [0.15, 0.2) is 27.2 Å². The minimum absolute atomic E-state index is 0.0579. The summed E-state index contributed by atoms with van der Waals surface area (Å²) in [5.41, 5.74) is 6.69. The van der Waals surface area contributed by atoms with Gasteiger partial charge in [-0.25, -0.2) is 4.39 Å². The Labute approximate surface area is 147 Å². The molecule has 1 fully saturated rings. The summed E-state index contributed by atoms with van der Waals surface area (Å²) >= 11 is 3.27. The monoisotopic (exact) mass is 396 g/mol. The maximum absolute atomic E-state index is 14.1. The first-order valence-corrected chi connectivity index (χ1v) is 8.41. The lowest BCUT2D eigenvalue weighted by molar-refractivity contribution is 0.0996. The van der Waals surface area contributed by atoms with E-state index in [2.05, 4.69) is 26.0 Å². The topological polar surface area (TPSA) is 75.6 Å². The second-order valence-corrected chi connectivity index (χ2v) is 6.76. The van der Waals surface area contributed by atoms with Gasteiger partial charge in [0, 0.05) is 36.7 Å². The van der Waals surface area contributed by atoms with E-state index in [0.717, 1.165) is 24.5 Å². The third-order valence-corrected chi connectivity index (χ3v) is 4.51. The maximum atomic E-state index is 14.1. The molecule has 0 spiro atoms. The number of amides is 1. The van der Waals surface area contributed by atoms with E-state index in [-0.39, 0.29) is 5.56 Å². The standard InChI is InChI=1S/C16H18BrFN4O2/c1-10-6-12(24-20-10)9-21-2-4-22(5-3-21)14-8-11(17)7-13(18)15(14)16(19)23/h6-8H,2-5,9H2,1H3,(H2,19,23). The van der Waals surface area contributed by atoms with Crippen LogP contribution in [0, 0.1) is 12.7 Å². The molecule has 2 N–H and O–H groups in total. The van der Waals surface area contributed by atoms with E-state index in [4.69, 9.17) is 10.3 Å². The highest BCUT2D eigenvalue weighted by Gasteiger charge is 2.24. The van der Waals surface area contributed by atoms with E-state index in [1.54, 1.807) is 6.07 Å². The Morgan fingerprint density at radius 3 is 2.62 bits per heavy atom. The molecule has 1 aromatic carbocycles. The van der Waals surface area contributed by atoms with E-state index in [1.807, 2.05) is 17.9 Å². The Kier molecular flexibility index (Phi) is 4.86. The molecule has 3 rings (SSSR count). The number of piperazine rings is 1. The minimum atomic E-state index is -0.755. The summed E-state index contributed by atoms with van der Waals surface area (Å²) in [7, 11) is 0. The zero-order valence-corrected chi connectivity index (χ0v) is 14.8. The number of rotatable bonds is 4. The van der Waals surface area contributed by atoms with Gasteiger partial charge in [0.25, 0.3) is 5.91 Å². The molecule has 1 saturated heterocycles. The zero-order chi connectivity index (χ0) is 17.3. The van der Waals surface area contributed by atoms with Crippen LogP contribution in [-0.2, 0) is 6.54 Å². The molecule has 0 unspecified atom stereocenters. The van der Waals surface area contributed by atoms with E-state index in [9.17, 15) is 9.18 Å². The molecule has 24 heavy (non-hydrogen) atoms. The third-order valence-electron chi connectivity index (χ3n) is 4.05. The van der Waals surface area contributed by atoms with Gasteiger partial charge in [0.1, 0.15) is 5.82 Å². The second kappa shape index (κ2) is 6.90. The molecule has 0 radical (unpaired) electrons. The van der Waals surface area contributed by atoms with Crippen LogP contribution in [0.4, 0.5) is 10.1 Å². The van der Waals surface area contributed by atoms with Crippen molar-refractivity contribution in [2.24, 2.45) is 5.73 Å². The zero-order valence-electron chi connectivity index (χ0n) is 13.3. The second-order valence-electron chi connectivity index (χ2n) is 5.84. The number of primary amides is 1. The van der Waals surface area contributed by atoms with Crippen LogP contribution in [0.1, 0.15) is 21.8 Å². The normalized spacial score (nSPS) is 15.7. The lowest BCUT2D eigenvalue weighted by Crippen LogP contribution is -2.46. The molecule has 2 aromatic rings. The average molecular weight is 397 g/mol. The van der Waals surface area contributed by atoms with Crippen LogP contribution in [0.25, 0.3) is 0 Å². The number of aromatic nitrogens is 1. The highest BCUT2D eigenvalue weighted by molar-refractivity contribution is 9.10. The largest absolute Gasteiger partial charge is 0.368 e. The lowest BCUT2D eigenvalue weighted by Gasteiger charge is -2.36. The quantitative estimate of drug-likeness (QED) is 0.857. The van der Waals surface area contributed by atoms with Crippen LogP contribution in [-0.4, -0.2) is 42.1 Å². The van der Waals surface area contributed by atoms with E-state index in [1.165, 1.54) is 6.07 Å². The van der Waals surface area contributed by atoms with Gasteiger partial charge < -0.3 is 15.2 Å². The van der Waals surface area contributed by atoms with Crippen molar-refractivity contribution in [2.75, 3.05) is 31.1 Å². The third kappa shape index (κ3) is 3.59. The van der Waals surface area contributed by atoms with Crippen molar-refractivity contribution < 1.29 is 13.7 Å². The molecular weight excluding hydrogens is 379 g/mol. The van der Waals surface area contributed by atoms with Gasteiger partial charge in [-0.05, 0) is 19.1 Å². The van der Waals surface area contributed by atoms with E-state index < -0.39 is 11.7 Å². The van der Waals surface area contributed by atoms with Crippen LogP contribution < -0.4 is 10.6 Å². The number of anilines is 1. The fourth-order valence-electron chi connectivity index (χ4n) is 2.91. The highest BCUT2D eigenvalue weighted by atomic mass is 79.9. The van der Waals surface area contributed by atoms with Crippen molar-refractivity contribution in [3.8, 4) is 0 Å². The van der Waals surface area contributed by atoms with Gasteiger partial charge in [0.15, 0.2) is 5.76 Å². The SMILES string of the molecule is Cc1cc(CN2CCN(c3cc(Br)cc(F)c3C(N)=O)CC2)on1. The van der Waals surface area contributed by atoms with Crippen molar-refractivity contribution in [1.29, 1.82) is 0 Å². The number of aryl methyl sites for hydroxylation is 1. The molecule has 1 aromatic heterocycles. The molecule has 1 aliphatic rings. The van der Waals surface area contributed by atoms with Crippen molar-refractivity contribution in [2.45, 2.75) is 13.5 Å². The predicted molar refractivity (Wildman–Crippen MR) is 91.3 cm³/mol. The van der Waals surface area contributed by atoms with Gasteiger partial charge in [-0.2, -0.15) is 0 Å². The predicted octanol–water partition coefficient (Wildman–Crippen LogP) is 2.31. The number of carbonyl (C=O) groups excluding carboxylic acids is 1. The first kappa shape index (κ1) is 16.9. The first-order chi connectivity index (χ1) is 11.4. The Bertz CT molecular complexity index is 757. The maximum Gasteiger partial charge on any atom is 0.253 e. The van der Waals surface area contributed by atoms with Crippen molar-refractivity contribution >= 4 is 27.5 Å². The van der Waals surface area contributed by atoms with E-state index >= 15 is 0 Å². The van der Waals surface area contributed by atoms with E-state index in [0.29, 0.717) is 29.8 Å². The number of benzene rings is 1. The Morgan fingerprint density at radius 1 is 1.33 bits per heavy atom. The summed E-state index contributed by atoms with van der Waals surface area (Å²) in [6.45, 7) is 5.45. The van der Waals surface area contributed by atoms with Gasteiger partial charge in [-0.3, -0.25) is 9.69 Å². The molecule has 8 heteroatoms. The summed E-state index contributed by atoms with van der Waals surface area (Å²) in [5, 5.41) is 3.88. The lowest BCUT2D eigenvalue weighted by atomic mass is 10.1. The summed E-state index contributed by atoms with van der Waals surface area (Å²) < 4.78 is 19.9. The fraction of sp³-hybridized carbons (Fsp3) is 0.375. The van der Waals surface area contributed by atoms with Crippen LogP contribution in [0.5, 0.6) is 0 Å². The molecule has 6 nitrogen and oxygen atoms in total. The number of carbonyl (C=O) groups is 1. The summed E-state index contributed by atoms with van der Waals surface area (Å²) in [6.07, 6.45) is 0. The molecule has 128 valence electrons. The Hall–Kier alpha value is -1.93. The summed E-state index contributed by atoms with van der Waals surface area (Å²) in [5.74, 6) is -0.534. The molecule has 1 aliphatic heterocycles. The summed E-state index contributed by atoms with van der Waals surface area (Å²) in [6, 6.07) is 4.91. The first-order valence-electron chi connectivity index (χ1n) is 7.62. The smallest absolute Gasteiger partial charge is 0.253 e. The van der Waals surface area contributed by atoms with Crippen LogP contribution in [0.3, 0.4) is 0 Å². The van der Waals surface area contributed by atoms with Crippen LogP contribution >= 0.6 is 15.9 Å². The van der Waals surface area contributed by atoms with Gasteiger partial charge in [0.05, 0.1) is 23.5 Å². The molecule has 0 bridgehead atoms. The molecule has 1 amide bonds. The molecule has 0 saturated carbocycles. The number of halogens is 2. The molecule has 0 atom stereocenters. The Morgan fingerprint density at radius 2 is 2.04 bits per heavy atom. The number of nitrogens with two attached hydrogens (primary N) is 1. The van der Waals surface area contributed by atoms with Gasteiger partial charge in [-0.15, -0.1) is 0 Å². The Balaban J connectivity index is 1.71. The number of nitrogens with zero attached hydrogens (tertiary/aromatic N) is 3. The van der Waals surface area contributed by atoms with Gasteiger partial charge in [-0.1, -0.05) is 21.1 Å². The molecule has 0 aliphatic carbocycles. The highest BCUT2D eigenvalue weighted by Crippen LogP contribution is 2.29. The van der Waals surface area contributed by atoms with Crippen molar-refractivity contribution in [3.63, 3.8) is 0 Å². The molecule has 2 heterocycles. The molecular formula is C16H18BrFN4O2. The van der Waals surface area contributed by atoms with Gasteiger partial charge in [0.2, 0.25) is 0 Å². The summed E-state index contributed by atoms with van der Waals surface area (Å²) in [4.78, 5) is 15.8. The van der Waals surface area contributed by atoms with Crippen LogP contribution in [0.2, 0.25) is 0 Å². The van der Waals surface area contributed by atoms with Gasteiger partial charge >= 0.3 is 0 Å². The van der Waals surface area contributed by atoms with Crippen molar-refractivity contribution in [3.05, 3.63) is 45.5 Å². The van der Waals surface area contributed by atoms with Crippen molar-refractivity contribution in [1.82, 2.24) is 10.1 Å². The fourth-order valence-corrected chi connectivity index (χ4v) is 3.33. The average Bonchev–Trinajstić information content (AvgIpc) is 2.92. The number of hydrogen-bond donors (Lipinski definition) is 1. The minimum Gasteiger partial charge on any atom is -0.368 e. The number of hydrogen-bond acceptors (Lipinski definition) is 5.